The molecule has 1 aromatic rings. The van der Waals surface area contributed by atoms with Gasteiger partial charge < -0.3 is 11.1 Å². The summed E-state index contributed by atoms with van der Waals surface area (Å²) in [6.45, 7) is 0.458. The number of aromatic nitrogens is 2. The van der Waals surface area contributed by atoms with Crippen molar-refractivity contribution < 1.29 is 4.79 Å². The number of hydrogen-bond donors (Lipinski definition) is 2. The Kier molecular flexibility index (Phi) is 3.15. The summed E-state index contributed by atoms with van der Waals surface area (Å²) in [4.78, 5) is 12.4. The number of rotatable bonds is 4. The number of thiocarbonyl (C=S) groups is 1. The van der Waals surface area contributed by atoms with Crippen molar-refractivity contribution in [2.75, 3.05) is 0 Å². The third-order valence-corrected chi connectivity index (χ3v) is 3.86. The third-order valence-electron chi connectivity index (χ3n) is 3.47. The summed E-state index contributed by atoms with van der Waals surface area (Å²) in [6.07, 6.45) is 4.24. The molecular weight excluding hydrogens is 236 g/mol. The van der Waals surface area contributed by atoms with Gasteiger partial charge in [0, 0.05) is 13.2 Å². The molecule has 2 rings (SSSR count). The van der Waals surface area contributed by atoms with Crippen LogP contribution >= 0.6 is 12.2 Å². The molecule has 1 aliphatic carbocycles. The van der Waals surface area contributed by atoms with Crippen molar-refractivity contribution in [3.63, 3.8) is 0 Å². The Morgan fingerprint density at radius 2 is 2.41 bits per heavy atom. The highest BCUT2D eigenvalue weighted by atomic mass is 32.1. The Morgan fingerprint density at radius 3 is 2.82 bits per heavy atom. The topological polar surface area (TPSA) is 72.9 Å². The van der Waals surface area contributed by atoms with Gasteiger partial charge in [-0.15, -0.1) is 0 Å². The molecule has 0 atom stereocenters. The van der Waals surface area contributed by atoms with Crippen molar-refractivity contribution in [3.8, 4) is 0 Å². The van der Waals surface area contributed by atoms with Crippen LogP contribution in [0.5, 0.6) is 0 Å². The van der Waals surface area contributed by atoms with E-state index >= 15 is 0 Å². The van der Waals surface area contributed by atoms with Gasteiger partial charge in [-0.05, 0) is 18.9 Å². The van der Waals surface area contributed by atoms with E-state index in [-0.39, 0.29) is 5.91 Å². The minimum atomic E-state index is -0.603. The summed E-state index contributed by atoms with van der Waals surface area (Å²) < 4.78 is 1.73. The average molecular weight is 252 g/mol. The predicted octanol–water partition coefficient (Wildman–Crippen LogP) is 0.493. The Morgan fingerprint density at radius 1 is 1.71 bits per heavy atom. The molecule has 17 heavy (non-hydrogen) atoms. The molecular formula is C11H16N4OS. The maximum absolute atomic E-state index is 12.1. The fourth-order valence-electron chi connectivity index (χ4n) is 2.03. The number of carbonyl (C=O) groups excluding carboxylic acids is 1. The van der Waals surface area contributed by atoms with E-state index < -0.39 is 5.41 Å². The van der Waals surface area contributed by atoms with Crippen LogP contribution in [-0.2, 0) is 18.4 Å². The van der Waals surface area contributed by atoms with Gasteiger partial charge >= 0.3 is 0 Å². The molecule has 92 valence electrons. The van der Waals surface area contributed by atoms with E-state index in [9.17, 15) is 4.79 Å². The number of nitrogens with one attached hydrogen (secondary N) is 1. The molecule has 1 aromatic heterocycles. The van der Waals surface area contributed by atoms with E-state index in [1.807, 2.05) is 13.1 Å². The zero-order valence-electron chi connectivity index (χ0n) is 9.77. The lowest BCUT2D eigenvalue weighted by atomic mass is 9.68. The number of carbonyl (C=O) groups is 1. The first-order valence-corrected chi connectivity index (χ1v) is 6.02. The minimum Gasteiger partial charge on any atom is -0.392 e. The molecule has 0 aromatic carbocycles. The van der Waals surface area contributed by atoms with Crippen molar-refractivity contribution in [3.05, 3.63) is 18.0 Å². The number of amides is 1. The van der Waals surface area contributed by atoms with Crippen LogP contribution in [0.4, 0.5) is 0 Å². The van der Waals surface area contributed by atoms with Gasteiger partial charge in [0.05, 0.1) is 22.6 Å². The molecule has 1 amide bonds. The van der Waals surface area contributed by atoms with Gasteiger partial charge in [0.2, 0.25) is 5.91 Å². The van der Waals surface area contributed by atoms with Crippen molar-refractivity contribution in [2.24, 2.45) is 18.2 Å². The van der Waals surface area contributed by atoms with Crippen LogP contribution in [0.1, 0.15) is 25.0 Å². The van der Waals surface area contributed by atoms with Gasteiger partial charge in [0.25, 0.3) is 0 Å². The first kappa shape index (κ1) is 12.0. The maximum atomic E-state index is 12.1. The smallest absolute Gasteiger partial charge is 0.233 e. The molecule has 0 aliphatic heterocycles. The standard InChI is InChI=1S/C11H16N4OS/c1-15-8(3-6-14-15)7-13-10(16)11(9(12)17)4-2-5-11/h3,6H,2,4-5,7H2,1H3,(H2,12,17)(H,13,16). The summed E-state index contributed by atoms with van der Waals surface area (Å²) in [6, 6.07) is 1.87. The van der Waals surface area contributed by atoms with Crippen LogP contribution < -0.4 is 11.1 Å². The van der Waals surface area contributed by atoms with E-state index in [4.69, 9.17) is 18.0 Å². The second-order valence-corrected chi connectivity index (χ2v) is 4.87. The van der Waals surface area contributed by atoms with Gasteiger partial charge in [-0.1, -0.05) is 18.6 Å². The predicted molar refractivity (Wildman–Crippen MR) is 68.1 cm³/mol. The van der Waals surface area contributed by atoms with Gasteiger partial charge in [-0.2, -0.15) is 5.10 Å². The van der Waals surface area contributed by atoms with Crippen molar-refractivity contribution in [1.82, 2.24) is 15.1 Å². The SMILES string of the molecule is Cn1nccc1CNC(=O)C1(C(N)=S)CCC1. The zero-order chi connectivity index (χ0) is 12.5. The fraction of sp³-hybridized carbons (Fsp3) is 0.545. The Labute approximate surface area is 105 Å². The van der Waals surface area contributed by atoms with Crippen LogP contribution in [0.25, 0.3) is 0 Å². The summed E-state index contributed by atoms with van der Waals surface area (Å²) >= 11 is 5.00. The number of hydrogen-bond acceptors (Lipinski definition) is 3. The Hall–Kier alpha value is -1.43. The number of nitrogens with two attached hydrogens (primary N) is 1. The zero-order valence-corrected chi connectivity index (χ0v) is 10.6. The van der Waals surface area contributed by atoms with E-state index in [2.05, 4.69) is 10.4 Å². The van der Waals surface area contributed by atoms with Gasteiger partial charge in [0.15, 0.2) is 0 Å². The molecule has 1 saturated carbocycles. The largest absolute Gasteiger partial charge is 0.392 e. The first-order chi connectivity index (χ1) is 8.06. The lowest BCUT2D eigenvalue weighted by Gasteiger charge is -2.39. The van der Waals surface area contributed by atoms with Crippen LogP contribution in [0.15, 0.2) is 12.3 Å². The van der Waals surface area contributed by atoms with Crippen LogP contribution in [0.3, 0.4) is 0 Å². The van der Waals surface area contributed by atoms with Crippen molar-refractivity contribution >= 4 is 23.1 Å². The van der Waals surface area contributed by atoms with E-state index in [1.54, 1.807) is 10.9 Å². The summed E-state index contributed by atoms with van der Waals surface area (Å²) in [7, 11) is 1.84. The van der Waals surface area contributed by atoms with Crippen LogP contribution in [-0.4, -0.2) is 20.7 Å². The fourth-order valence-corrected chi connectivity index (χ4v) is 2.33. The molecule has 1 fully saturated rings. The third kappa shape index (κ3) is 2.04. The monoisotopic (exact) mass is 252 g/mol. The molecule has 1 heterocycles. The molecule has 3 N–H and O–H groups in total. The maximum Gasteiger partial charge on any atom is 0.233 e. The highest BCUT2D eigenvalue weighted by molar-refractivity contribution is 7.80. The Bertz CT molecular complexity index is 450. The van der Waals surface area contributed by atoms with E-state index in [0.717, 1.165) is 25.0 Å². The molecule has 5 nitrogen and oxygen atoms in total. The highest BCUT2D eigenvalue weighted by Crippen LogP contribution is 2.41. The first-order valence-electron chi connectivity index (χ1n) is 5.61. The summed E-state index contributed by atoms with van der Waals surface area (Å²) in [5.41, 5.74) is 6.02. The highest BCUT2D eigenvalue weighted by Gasteiger charge is 2.46. The molecule has 0 saturated heterocycles. The van der Waals surface area contributed by atoms with E-state index in [0.29, 0.717) is 11.5 Å². The van der Waals surface area contributed by atoms with Crippen molar-refractivity contribution in [2.45, 2.75) is 25.8 Å². The molecule has 1 aliphatic rings. The van der Waals surface area contributed by atoms with Gasteiger partial charge in [0.1, 0.15) is 0 Å². The molecule has 0 unspecified atom stereocenters. The molecule has 6 heteroatoms. The lowest BCUT2D eigenvalue weighted by molar-refractivity contribution is -0.131. The van der Waals surface area contributed by atoms with Gasteiger partial charge in [-0.3, -0.25) is 9.48 Å². The van der Waals surface area contributed by atoms with Crippen molar-refractivity contribution in [1.29, 1.82) is 0 Å². The number of aryl methyl sites for hydroxylation is 1. The van der Waals surface area contributed by atoms with Gasteiger partial charge in [-0.25, -0.2) is 0 Å². The minimum absolute atomic E-state index is 0.0579. The average Bonchev–Trinajstić information content (AvgIpc) is 2.58. The van der Waals surface area contributed by atoms with Crippen LogP contribution in [0.2, 0.25) is 0 Å². The molecule has 0 bridgehead atoms. The molecule has 0 spiro atoms. The second-order valence-electron chi connectivity index (χ2n) is 4.43. The quantitative estimate of drug-likeness (QED) is 0.765. The normalized spacial score (nSPS) is 17.2. The molecule has 0 radical (unpaired) electrons. The lowest BCUT2D eigenvalue weighted by Crippen LogP contribution is -2.53. The summed E-state index contributed by atoms with van der Waals surface area (Å²) in [5.74, 6) is -0.0579. The van der Waals surface area contributed by atoms with E-state index in [1.165, 1.54) is 0 Å². The van der Waals surface area contributed by atoms with Crippen LogP contribution in [0, 0.1) is 5.41 Å². The second kappa shape index (κ2) is 4.44. The Balaban J connectivity index is 1.98. The summed E-state index contributed by atoms with van der Waals surface area (Å²) in [5, 5.41) is 6.92. The number of nitrogens with zero attached hydrogens (tertiary/aromatic N) is 2.